The molecule has 8 heteroatoms. The smallest absolute Gasteiger partial charge is 0.306 e. The number of hydrogen-bond donors (Lipinski definition) is 1. The normalized spacial score (nSPS) is 18.9. The molecule has 1 aliphatic heterocycles. The highest BCUT2D eigenvalue weighted by atomic mass is 32.2. The molecule has 0 atom stereocenters. The highest BCUT2D eigenvalue weighted by molar-refractivity contribution is 7.86. The molecule has 1 fully saturated rings. The molecule has 14 heavy (non-hydrogen) atoms. The topological polar surface area (TPSA) is 57.6 Å². The van der Waals surface area contributed by atoms with Gasteiger partial charge >= 0.3 is 15.6 Å². The molecular formula is C6H12F3NO3S. The van der Waals surface area contributed by atoms with Gasteiger partial charge in [-0.25, -0.2) is 0 Å². The first-order valence-corrected chi connectivity index (χ1v) is 5.31. The molecule has 1 heterocycles. The number of halogens is 3. The van der Waals surface area contributed by atoms with E-state index in [1.54, 1.807) is 0 Å². The molecule has 0 aromatic heterocycles. The van der Waals surface area contributed by atoms with Gasteiger partial charge in [-0.3, -0.25) is 4.55 Å². The van der Waals surface area contributed by atoms with Gasteiger partial charge < -0.3 is 4.90 Å². The third-order valence-corrected chi connectivity index (χ3v) is 2.21. The highest BCUT2D eigenvalue weighted by Crippen LogP contribution is 2.20. The van der Waals surface area contributed by atoms with Gasteiger partial charge in [-0.05, 0) is 33.0 Å². The van der Waals surface area contributed by atoms with Crippen LogP contribution in [0.5, 0.6) is 0 Å². The van der Waals surface area contributed by atoms with Crippen LogP contribution in [-0.4, -0.2) is 43.5 Å². The van der Waals surface area contributed by atoms with Crippen molar-refractivity contribution in [1.82, 2.24) is 4.90 Å². The van der Waals surface area contributed by atoms with E-state index in [0.29, 0.717) is 0 Å². The summed E-state index contributed by atoms with van der Waals surface area (Å²) in [5.41, 5.74) is -5.53. The fourth-order valence-corrected chi connectivity index (χ4v) is 0.875. The van der Waals surface area contributed by atoms with Crippen LogP contribution in [0.15, 0.2) is 0 Å². The van der Waals surface area contributed by atoms with Gasteiger partial charge in [-0.15, -0.1) is 0 Å². The van der Waals surface area contributed by atoms with Crippen molar-refractivity contribution in [2.45, 2.75) is 18.3 Å². The molecule has 4 nitrogen and oxygen atoms in total. The molecule has 0 aromatic rings. The maximum absolute atomic E-state index is 10.7. The second kappa shape index (κ2) is 4.94. The average Bonchev–Trinajstić information content (AvgIpc) is 2.35. The molecule has 1 aliphatic rings. The van der Waals surface area contributed by atoms with Crippen LogP contribution < -0.4 is 0 Å². The lowest BCUT2D eigenvalue weighted by Gasteiger charge is -2.01. The van der Waals surface area contributed by atoms with Gasteiger partial charge in [0.05, 0.1) is 0 Å². The number of nitrogens with zero attached hydrogens (tertiary/aromatic N) is 1. The molecule has 0 aliphatic carbocycles. The Morgan fingerprint density at radius 1 is 1.21 bits per heavy atom. The van der Waals surface area contributed by atoms with E-state index in [2.05, 4.69) is 11.9 Å². The minimum absolute atomic E-state index is 1.32. The van der Waals surface area contributed by atoms with Crippen LogP contribution in [0.1, 0.15) is 12.8 Å². The highest BCUT2D eigenvalue weighted by Gasteiger charge is 2.44. The van der Waals surface area contributed by atoms with E-state index in [9.17, 15) is 13.2 Å². The monoisotopic (exact) mass is 235 g/mol. The average molecular weight is 235 g/mol. The van der Waals surface area contributed by atoms with Gasteiger partial charge in [-0.1, -0.05) is 0 Å². The third-order valence-electron chi connectivity index (χ3n) is 1.62. The first-order chi connectivity index (χ1) is 6.14. The summed E-state index contributed by atoms with van der Waals surface area (Å²) in [4.78, 5) is 2.36. The van der Waals surface area contributed by atoms with Crippen molar-refractivity contribution in [3.05, 3.63) is 0 Å². The van der Waals surface area contributed by atoms with E-state index in [1.165, 1.54) is 25.9 Å². The van der Waals surface area contributed by atoms with Crippen LogP contribution >= 0.6 is 0 Å². The third kappa shape index (κ3) is 5.40. The van der Waals surface area contributed by atoms with Crippen molar-refractivity contribution in [2.24, 2.45) is 0 Å². The number of alkyl halides is 3. The molecule has 0 amide bonds. The molecule has 0 aromatic carbocycles. The van der Waals surface area contributed by atoms with Gasteiger partial charge in [0, 0.05) is 0 Å². The summed E-state index contributed by atoms with van der Waals surface area (Å²) in [5.74, 6) is 0. The lowest BCUT2D eigenvalue weighted by Crippen LogP contribution is -2.21. The summed E-state index contributed by atoms with van der Waals surface area (Å²) in [7, 11) is -3.67. The fraction of sp³-hybridized carbons (Fsp3) is 1.00. The summed E-state index contributed by atoms with van der Waals surface area (Å²) in [6, 6.07) is 0. The van der Waals surface area contributed by atoms with E-state index in [0.717, 1.165) is 0 Å². The quantitative estimate of drug-likeness (QED) is 0.504. The predicted molar refractivity (Wildman–Crippen MR) is 44.3 cm³/mol. The first-order valence-electron chi connectivity index (χ1n) is 3.87. The Hall–Kier alpha value is -0.340. The standard InChI is InChI=1S/C5H11N.CHF3O3S/c1-6-4-2-3-5-6;2-1(3,4)8(5,6)7/h2-5H2,1H3;(H,5,6,7). The van der Waals surface area contributed by atoms with E-state index >= 15 is 0 Å². The van der Waals surface area contributed by atoms with E-state index < -0.39 is 15.6 Å². The molecule has 0 saturated carbocycles. The number of likely N-dealkylation sites (tertiary alicyclic amines) is 1. The van der Waals surface area contributed by atoms with Crippen LogP contribution in [0.2, 0.25) is 0 Å². The van der Waals surface area contributed by atoms with Crippen LogP contribution in [0, 0.1) is 0 Å². The fourth-order valence-electron chi connectivity index (χ4n) is 0.875. The van der Waals surface area contributed by atoms with E-state index in [4.69, 9.17) is 13.0 Å². The number of rotatable bonds is 0. The molecule has 1 rings (SSSR count). The molecule has 1 N–H and O–H groups in total. The minimum Gasteiger partial charge on any atom is -0.306 e. The molecule has 0 radical (unpaired) electrons. The predicted octanol–water partition coefficient (Wildman–Crippen LogP) is 1.11. The Morgan fingerprint density at radius 3 is 1.57 bits per heavy atom. The second-order valence-electron chi connectivity index (χ2n) is 2.93. The van der Waals surface area contributed by atoms with Gasteiger partial charge in [0.1, 0.15) is 0 Å². The van der Waals surface area contributed by atoms with Crippen molar-refractivity contribution >= 4 is 10.1 Å². The summed E-state index contributed by atoms with van der Waals surface area (Å²) < 4.78 is 57.5. The Bertz CT molecular complexity index is 256. The molecule has 86 valence electrons. The largest absolute Gasteiger partial charge is 0.522 e. The van der Waals surface area contributed by atoms with Crippen molar-refractivity contribution in [3.8, 4) is 0 Å². The Balaban J connectivity index is 0.000000249. The second-order valence-corrected chi connectivity index (χ2v) is 4.34. The van der Waals surface area contributed by atoms with Crippen LogP contribution in [0.3, 0.4) is 0 Å². The summed E-state index contributed by atoms with van der Waals surface area (Å²) in [6.45, 7) is 2.64. The molecular weight excluding hydrogens is 223 g/mol. The van der Waals surface area contributed by atoms with Gasteiger partial charge in [0.2, 0.25) is 0 Å². The van der Waals surface area contributed by atoms with Gasteiger partial charge in [0.15, 0.2) is 0 Å². The SMILES string of the molecule is CN1CCCC1.O=S(=O)(O)C(F)(F)F. The summed E-state index contributed by atoms with van der Waals surface area (Å²) in [5, 5.41) is 0. The Labute approximate surface area is 80.4 Å². The van der Waals surface area contributed by atoms with Crippen LogP contribution in [-0.2, 0) is 10.1 Å². The lowest BCUT2D eigenvalue weighted by atomic mass is 10.4. The molecule has 1 saturated heterocycles. The zero-order valence-electron chi connectivity index (χ0n) is 7.58. The van der Waals surface area contributed by atoms with Crippen LogP contribution in [0.4, 0.5) is 13.2 Å². The van der Waals surface area contributed by atoms with Gasteiger partial charge in [0.25, 0.3) is 0 Å². The van der Waals surface area contributed by atoms with Crippen molar-refractivity contribution in [1.29, 1.82) is 0 Å². The van der Waals surface area contributed by atoms with Gasteiger partial charge in [-0.2, -0.15) is 21.6 Å². The summed E-state index contributed by atoms with van der Waals surface area (Å²) in [6.07, 6.45) is 2.83. The maximum Gasteiger partial charge on any atom is 0.522 e. The van der Waals surface area contributed by atoms with Crippen molar-refractivity contribution < 1.29 is 26.1 Å². The van der Waals surface area contributed by atoms with Crippen molar-refractivity contribution in [3.63, 3.8) is 0 Å². The molecule has 0 spiro atoms. The lowest BCUT2D eigenvalue weighted by molar-refractivity contribution is -0.0510. The molecule has 0 unspecified atom stereocenters. The summed E-state index contributed by atoms with van der Waals surface area (Å²) >= 11 is 0. The van der Waals surface area contributed by atoms with Crippen molar-refractivity contribution in [2.75, 3.05) is 20.1 Å². The minimum atomic E-state index is -5.84. The Kier molecular flexibility index (Phi) is 4.82. The van der Waals surface area contributed by atoms with E-state index in [1.807, 2.05) is 0 Å². The number of hydrogen-bond acceptors (Lipinski definition) is 3. The van der Waals surface area contributed by atoms with Crippen LogP contribution in [0.25, 0.3) is 0 Å². The Morgan fingerprint density at radius 2 is 1.50 bits per heavy atom. The molecule has 0 bridgehead atoms. The zero-order chi connectivity index (χ0) is 11.4. The maximum atomic E-state index is 10.7. The first kappa shape index (κ1) is 13.7. The van der Waals surface area contributed by atoms with E-state index in [-0.39, 0.29) is 0 Å². The zero-order valence-corrected chi connectivity index (χ0v) is 8.40.